The van der Waals surface area contributed by atoms with Crippen LogP contribution in [-0.2, 0) is 11.0 Å². The quantitative estimate of drug-likeness (QED) is 0.812. The summed E-state index contributed by atoms with van der Waals surface area (Å²) in [6, 6.07) is 7.79. The van der Waals surface area contributed by atoms with E-state index in [4.69, 9.17) is 4.74 Å². The van der Waals surface area contributed by atoms with E-state index in [2.05, 4.69) is 11.3 Å². The van der Waals surface area contributed by atoms with Crippen molar-refractivity contribution in [2.75, 3.05) is 7.11 Å². The summed E-state index contributed by atoms with van der Waals surface area (Å²) in [6.45, 7) is 9.63. The Morgan fingerprint density at radius 1 is 1.37 bits per heavy atom. The van der Waals surface area contributed by atoms with Gasteiger partial charge in [0.15, 0.2) is 0 Å². The first kappa shape index (κ1) is 15.9. The van der Waals surface area contributed by atoms with Gasteiger partial charge in [-0.15, -0.1) is 6.58 Å². The molecule has 1 rings (SSSR count). The average molecular weight is 281 g/mol. The molecular weight excluding hydrogens is 258 g/mol. The first-order chi connectivity index (χ1) is 8.88. The Morgan fingerprint density at radius 3 is 2.37 bits per heavy atom. The van der Waals surface area contributed by atoms with Gasteiger partial charge in [0, 0.05) is 6.04 Å². The van der Waals surface area contributed by atoms with Crippen molar-refractivity contribution in [1.82, 2.24) is 4.72 Å². The first-order valence-electron chi connectivity index (χ1n) is 6.31. The van der Waals surface area contributed by atoms with E-state index in [1.165, 1.54) is 0 Å². The number of nitrogens with one attached hydrogen (secondary N) is 1. The molecule has 0 fully saturated rings. The first-order valence-corrected chi connectivity index (χ1v) is 7.46. The summed E-state index contributed by atoms with van der Waals surface area (Å²) in [6.07, 6.45) is 2.57. The van der Waals surface area contributed by atoms with Gasteiger partial charge in [0.2, 0.25) is 0 Å². The van der Waals surface area contributed by atoms with E-state index < -0.39 is 11.0 Å². The number of methoxy groups -OCH3 is 1. The molecule has 1 unspecified atom stereocenters. The van der Waals surface area contributed by atoms with Crippen molar-refractivity contribution in [3.8, 4) is 5.75 Å². The number of hydrogen-bond acceptors (Lipinski definition) is 2. The highest BCUT2D eigenvalue weighted by molar-refractivity contribution is 7.84. The van der Waals surface area contributed by atoms with E-state index in [9.17, 15) is 4.21 Å². The standard InChI is InChI=1S/C15H23NO2S/c1-6-7-14(16-19(17)15(2,3)4)12-8-10-13(18-5)11-9-12/h6,8-11,14,16H,1,7H2,2-5H3/t14-,19?/m0/s1. The largest absolute Gasteiger partial charge is 0.497 e. The van der Waals surface area contributed by atoms with Crippen molar-refractivity contribution < 1.29 is 8.95 Å². The molecule has 1 aromatic rings. The maximum absolute atomic E-state index is 12.2. The molecule has 0 aliphatic heterocycles. The molecule has 0 aliphatic carbocycles. The van der Waals surface area contributed by atoms with Crippen LogP contribution in [0.5, 0.6) is 5.75 Å². The second-order valence-corrected chi connectivity index (χ2v) is 7.35. The highest BCUT2D eigenvalue weighted by atomic mass is 32.2. The summed E-state index contributed by atoms with van der Waals surface area (Å²) in [7, 11) is 0.536. The highest BCUT2D eigenvalue weighted by Crippen LogP contribution is 2.22. The predicted octanol–water partition coefficient (Wildman–Crippen LogP) is 3.36. The van der Waals surface area contributed by atoms with Gasteiger partial charge in [0.1, 0.15) is 5.75 Å². The molecule has 0 saturated carbocycles. The fourth-order valence-electron chi connectivity index (χ4n) is 1.56. The monoisotopic (exact) mass is 281 g/mol. The molecule has 1 N–H and O–H groups in total. The normalized spacial score (nSPS) is 14.7. The number of ether oxygens (including phenoxy) is 1. The molecule has 1 aromatic carbocycles. The lowest BCUT2D eigenvalue weighted by Crippen LogP contribution is -2.35. The summed E-state index contributed by atoms with van der Waals surface area (Å²) in [5, 5.41) is 0. The minimum atomic E-state index is -1.11. The maximum Gasteiger partial charge on any atom is 0.118 e. The smallest absolute Gasteiger partial charge is 0.118 e. The lowest BCUT2D eigenvalue weighted by molar-refractivity contribution is 0.414. The molecule has 0 amide bonds. The molecule has 0 aliphatic rings. The Kier molecular flexibility index (Phi) is 5.76. The van der Waals surface area contributed by atoms with Gasteiger partial charge >= 0.3 is 0 Å². The fraction of sp³-hybridized carbons (Fsp3) is 0.467. The molecule has 4 heteroatoms. The van der Waals surface area contributed by atoms with Crippen molar-refractivity contribution in [2.24, 2.45) is 0 Å². The van der Waals surface area contributed by atoms with E-state index in [0.717, 1.165) is 17.7 Å². The molecule has 0 heterocycles. The van der Waals surface area contributed by atoms with Gasteiger partial charge < -0.3 is 4.74 Å². The third kappa shape index (κ3) is 4.80. The second kappa shape index (κ2) is 6.87. The zero-order chi connectivity index (χ0) is 14.5. The Hall–Kier alpha value is -1.13. The molecule has 106 valence electrons. The minimum absolute atomic E-state index is 0.00321. The van der Waals surface area contributed by atoms with Gasteiger partial charge in [0.05, 0.1) is 22.8 Å². The van der Waals surface area contributed by atoms with Gasteiger partial charge in [-0.05, 0) is 44.9 Å². The molecule has 0 saturated heterocycles. The fourth-order valence-corrected chi connectivity index (χ4v) is 2.41. The molecule has 2 atom stereocenters. The van der Waals surface area contributed by atoms with Crippen LogP contribution in [0.4, 0.5) is 0 Å². The Bertz CT molecular complexity index is 434. The number of hydrogen-bond donors (Lipinski definition) is 1. The Labute approximate surface area is 118 Å². The van der Waals surface area contributed by atoms with E-state index in [1.54, 1.807) is 7.11 Å². The van der Waals surface area contributed by atoms with E-state index in [0.29, 0.717) is 0 Å². The summed E-state index contributed by atoms with van der Waals surface area (Å²) in [5.41, 5.74) is 1.08. The summed E-state index contributed by atoms with van der Waals surface area (Å²) in [4.78, 5) is 0. The van der Waals surface area contributed by atoms with Crippen LogP contribution in [0.15, 0.2) is 36.9 Å². The van der Waals surface area contributed by atoms with E-state index >= 15 is 0 Å². The molecule has 0 aromatic heterocycles. The van der Waals surface area contributed by atoms with Crippen LogP contribution < -0.4 is 9.46 Å². The van der Waals surface area contributed by atoms with Crippen LogP contribution in [0.1, 0.15) is 38.8 Å². The zero-order valence-corrected chi connectivity index (χ0v) is 12.9. The Balaban J connectivity index is 2.87. The topological polar surface area (TPSA) is 38.3 Å². The number of rotatable bonds is 6. The second-order valence-electron chi connectivity index (χ2n) is 5.35. The van der Waals surface area contributed by atoms with Gasteiger partial charge in [-0.2, -0.15) is 0 Å². The average Bonchev–Trinajstić information content (AvgIpc) is 2.37. The van der Waals surface area contributed by atoms with E-state index in [-0.39, 0.29) is 10.8 Å². The summed E-state index contributed by atoms with van der Waals surface area (Å²) in [5.74, 6) is 0.818. The molecule has 3 nitrogen and oxygen atoms in total. The van der Waals surface area contributed by atoms with Gasteiger partial charge in [0.25, 0.3) is 0 Å². The van der Waals surface area contributed by atoms with Crippen molar-refractivity contribution in [1.29, 1.82) is 0 Å². The van der Waals surface area contributed by atoms with Gasteiger partial charge in [-0.25, -0.2) is 8.93 Å². The van der Waals surface area contributed by atoms with Crippen molar-refractivity contribution in [3.05, 3.63) is 42.5 Å². The lowest BCUT2D eigenvalue weighted by atomic mass is 10.0. The molecule has 0 radical (unpaired) electrons. The van der Waals surface area contributed by atoms with Gasteiger partial charge in [-0.1, -0.05) is 18.2 Å². The maximum atomic E-state index is 12.2. The molecular formula is C15H23NO2S. The molecule has 0 bridgehead atoms. The third-order valence-corrected chi connectivity index (χ3v) is 4.34. The van der Waals surface area contributed by atoms with E-state index in [1.807, 2.05) is 51.1 Å². The Morgan fingerprint density at radius 2 is 1.95 bits per heavy atom. The zero-order valence-electron chi connectivity index (χ0n) is 12.1. The van der Waals surface area contributed by atoms with Crippen molar-refractivity contribution in [3.63, 3.8) is 0 Å². The van der Waals surface area contributed by atoms with Crippen LogP contribution >= 0.6 is 0 Å². The van der Waals surface area contributed by atoms with Crippen molar-refractivity contribution >= 4 is 11.0 Å². The predicted molar refractivity (Wildman–Crippen MR) is 81.6 cm³/mol. The lowest BCUT2D eigenvalue weighted by Gasteiger charge is -2.24. The van der Waals surface area contributed by atoms with Gasteiger partial charge in [-0.3, -0.25) is 0 Å². The summed E-state index contributed by atoms with van der Waals surface area (Å²) >= 11 is 0. The van der Waals surface area contributed by atoms with Crippen LogP contribution in [0.2, 0.25) is 0 Å². The van der Waals surface area contributed by atoms with Crippen LogP contribution in [0.3, 0.4) is 0 Å². The minimum Gasteiger partial charge on any atom is -0.497 e. The summed E-state index contributed by atoms with van der Waals surface area (Å²) < 4.78 is 20.2. The number of benzene rings is 1. The van der Waals surface area contributed by atoms with Crippen LogP contribution in [0.25, 0.3) is 0 Å². The van der Waals surface area contributed by atoms with Crippen LogP contribution in [0, 0.1) is 0 Å². The SMILES string of the molecule is C=CC[C@H](NS(=O)C(C)(C)C)c1ccc(OC)cc1. The highest BCUT2D eigenvalue weighted by Gasteiger charge is 2.23. The van der Waals surface area contributed by atoms with Crippen molar-refractivity contribution in [2.45, 2.75) is 38.0 Å². The molecule has 19 heavy (non-hydrogen) atoms. The third-order valence-electron chi connectivity index (χ3n) is 2.73. The van der Waals surface area contributed by atoms with Crippen LogP contribution in [-0.4, -0.2) is 16.1 Å². The molecule has 0 spiro atoms.